The van der Waals surface area contributed by atoms with Crippen LogP contribution in [0.15, 0.2) is 0 Å². The lowest BCUT2D eigenvalue weighted by Gasteiger charge is -2.56. The van der Waals surface area contributed by atoms with Crippen molar-refractivity contribution in [3.8, 4) is 0 Å². The van der Waals surface area contributed by atoms with Crippen molar-refractivity contribution in [3.05, 3.63) is 0 Å². The van der Waals surface area contributed by atoms with Gasteiger partial charge in [-0.15, -0.1) is 0 Å². The Morgan fingerprint density at radius 2 is 1.68 bits per heavy atom. The van der Waals surface area contributed by atoms with Gasteiger partial charge in [0.25, 0.3) is 0 Å². The Morgan fingerprint density at radius 3 is 2.11 bits per heavy atom. The van der Waals surface area contributed by atoms with E-state index in [1.54, 1.807) is 0 Å². The van der Waals surface area contributed by atoms with E-state index in [1.165, 1.54) is 12.8 Å². The molecule has 1 spiro atoms. The van der Waals surface area contributed by atoms with Gasteiger partial charge in [0.2, 0.25) is 0 Å². The van der Waals surface area contributed by atoms with Crippen LogP contribution in [-0.2, 0) is 4.74 Å². The van der Waals surface area contributed by atoms with E-state index in [4.69, 9.17) is 4.74 Å². The first-order valence-electron chi connectivity index (χ1n) is 7.64. The number of rotatable bonds is 1. The van der Waals surface area contributed by atoms with Crippen molar-refractivity contribution in [3.63, 3.8) is 0 Å². The van der Waals surface area contributed by atoms with E-state index in [-0.39, 0.29) is 17.2 Å². The maximum atomic E-state index is 12.2. The molecule has 108 valence electrons. The van der Waals surface area contributed by atoms with Gasteiger partial charge in [-0.05, 0) is 52.9 Å². The van der Waals surface area contributed by atoms with Crippen molar-refractivity contribution in [2.45, 2.75) is 70.1 Å². The second-order valence-electron chi connectivity index (χ2n) is 7.37. The van der Waals surface area contributed by atoms with Crippen molar-refractivity contribution in [2.24, 2.45) is 0 Å². The summed E-state index contributed by atoms with van der Waals surface area (Å²) in [4.78, 5) is 16.8. The van der Waals surface area contributed by atoms with Crippen molar-refractivity contribution in [2.75, 3.05) is 19.6 Å². The maximum Gasteiger partial charge on any atom is 0.410 e. The van der Waals surface area contributed by atoms with E-state index in [0.717, 1.165) is 44.9 Å². The first-order chi connectivity index (χ1) is 8.90. The molecule has 0 unspecified atom stereocenters. The number of piperidine rings is 1. The summed E-state index contributed by atoms with van der Waals surface area (Å²) in [5, 5.41) is 0. The van der Waals surface area contributed by atoms with Gasteiger partial charge in [0.1, 0.15) is 5.60 Å². The molecule has 2 heterocycles. The Bertz CT molecular complexity index is 363. The predicted octanol–water partition coefficient (Wildman–Crippen LogP) is 2.62. The number of carbonyl (C=O) groups excluding carboxylic acids is 1. The zero-order chi connectivity index (χ0) is 13.7. The van der Waals surface area contributed by atoms with Gasteiger partial charge < -0.3 is 14.5 Å². The number of likely N-dealkylation sites (tertiary alicyclic amines) is 2. The van der Waals surface area contributed by atoms with Gasteiger partial charge in [0.15, 0.2) is 0 Å². The number of amides is 1. The number of hydrogen-bond donors (Lipinski definition) is 0. The fourth-order valence-corrected chi connectivity index (χ4v) is 3.41. The monoisotopic (exact) mass is 266 g/mol. The highest BCUT2D eigenvalue weighted by Crippen LogP contribution is 2.42. The smallest absolute Gasteiger partial charge is 0.410 e. The van der Waals surface area contributed by atoms with E-state index in [1.807, 2.05) is 25.7 Å². The Hall–Kier alpha value is -0.770. The summed E-state index contributed by atoms with van der Waals surface area (Å²) < 4.78 is 5.53. The molecule has 0 N–H and O–H groups in total. The Morgan fingerprint density at radius 1 is 1.11 bits per heavy atom. The Balaban J connectivity index is 1.58. The molecule has 3 rings (SSSR count). The van der Waals surface area contributed by atoms with Crippen LogP contribution in [0.1, 0.15) is 52.9 Å². The molecule has 0 aromatic heterocycles. The highest BCUT2D eigenvalue weighted by Gasteiger charge is 2.51. The van der Waals surface area contributed by atoms with Crippen LogP contribution in [0, 0.1) is 0 Å². The minimum Gasteiger partial charge on any atom is -0.444 e. The molecular formula is C15H26N2O2. The van der Waals surface area contributed by atoms with Gasteiger partial charge in [-0.25, -0.2) is 4.79 Å². The number of nitrogens with zero attached hydrogens (tertiary/aromatic N) is 2. The quantitative estimate of drug-likeness (QED) is 0.731. The summed E-state index contributed by atoms with van der Waals surface area (Å²) in [5.41, 5.74) is -0.268. The van der Waals surface area contributed by atoms with Crippen LogP contribution in [0.5, 0.6) is 0 Å². The van der Waals surface area contributed by atoms with Crippen LogP contribution in [0.3, 0.4) is 0 Å². The van der Waals surface area contributed by atoms with Gasteiger partial charge >= 0.3 is 6.09 Å². The standard InChI is InChI=1S/C15H26N2O2/c1-14(2,3)19-13(18)17-11-8-15(17)6-9-16(10-7-15)12-4-5-12/h12H,4-11H2,1-3H3. The van der Waals surface area contributed by atoms with E-state index < -0.39 is 0 Å². The van der Waals surface area contributed by atoms with Crippen molar-refractivity contribution < 1.29 is 9.53 Å². The third-order valence-electron chi connectivity index (χ3n) is 4.78. The lowest BCUT2D eigenvalue weighted by molar-refractivity contribution is -0.0700. The molecule has 1 aliphatic carbocycles. The van der Waals surface area contributed by atoms with Crippen LogP contribution in [0.2, 0.25) is 0 Å². The third-order valence-corrected chi connectivity index (χ3v) is 4.78. The Kier molecular flexibility index (Phi) is 3.04. The molecule has 0 atom stereocenters. The van der Waals surface area contributed by atoms with Crippen molar-refractivity contribution in [1.82, 2.24) is 9.80 Å². The summed E-state index contributed by atoms with van der Waals surface area (Å²) in [5.74, 6) is 0. The fraction of sp³-hybridized carbons (Fsp3) is 0.933. The SMILES string of the molecule is CC(C)(C)OC(=O)N1CCC12CCN(C1CC1)CC2. The van der Waals surface area contributed by atoms with E-state index in [0.29, 0.717) is 0 Å². The maximum absolute atomic E-state index is 12.2. The Labute approximate surface area is 116 Å². The summed E-state index contributed by atoms with van der Waals surface area (Å²) >= 11 is 0. The van der Waals surface area contributed by atoms with E-state index in [9.17, 15) is 4.79 Å². The van der Waals surface area contributed by atoms with E-state index in [2.05, 4.69) is 4.90 Å². The summed E-state index contributed by atoms with van der Waals surface area (Å²) in [7, 11) is 0. The first kappa shape index (κ1) is 13.2. The van der Waals surface area contributed by atoms with Crippen LogP contribution >= 0.6 is 0 Å². The van der Waals surface area contributed by atoms with Gasteiger partial charge in [-0.3, -0.25) is 0 Å². The lowest BCUT2D eigenvalue weighted by atomic mass is 9.76. The van der Waals surface area contributed by atoms with Gasteiger partial charge in [0.05, 0.1) is 5.54 Å². The van der Waals surface area contributed by atoms with Crippen molar-refractivity contribution in [1.29, 1.82) is 0 Å². The largest absolute Gasteiger partial charge is 0.444 e. The molecule has 4 nitrogen and oxygen atoms in total. The molecule has 0 aromatic rings. The highest BCUT2D eigenvalue weighted by molar-refractivity contribution is 5.70. The topological polar surface area (TPSA) is 32.8 Å². The molecule has 0 bridgehead atoms. The normalized spacial score (nSPS) is 27.2. The number of hydrogen-bond acceptors (Lipinski definition) is 3. The zero-order valence-corrected chi connectivity index (χ0v) is 12.4. The molecule has 2 aliphatic heterocycles. The van der Waals surface area contributed by atoms with Crippen LogP contribution in [0.25, 0.3) is 0 Å². The zero-order valence-electron chi connectivity index (χ0n) is 12.4. The predicted molar refractivity (Wildman–Crippen MR) is 74.1 cm³/mol. The van der Waals surface area contributed by atoms with Crippen LogP contribution < -0.4 is 0 Å². The van der Waals surface area contributed by atoms with Gasteiger partial charge in [-0.1, -0.05) is 0 Å². The van der Waals surface area contributed by atoms with Gasteiger partial charge in [-0.2, -0.15) is 0 Å². The highest BCUT2D eigenvalue weighted by atomic mass is 16.6. The van der Waals surface area contributed by atoms with Crippen LogP contribution in [0.4, 0.5) is 4.79 Å². The molecule has 0 aromatic carbocycles. The number of ether oxygens (including phenoxy) is 1. The lowest BCUT2D eigenvalue weighted by Crippen LogP contribution is -2.66. The molecule has 1 amide bonds. The second kappa shape index (κ2) is 4.37. The van der Waals surface area contributed by atoms with E-state index >= 15 is 0 Å². The molecule has 0 radical (unpaired) electrons. The minimum absolute atomic E-state index is 0.112. The fourth-order valence-electron chi connectivity index (χ4n) is 3.41. The average Bonchev–Trinajstić information content (AvgIpc) is 3.09. The molecule has 3 fully saturated rings. The molecule has 1 saturated carbocycles. The molecule has 19 heavy (non-hydrogen) atoms. The summed E-state index contributed by atoms with van der Waals surface area (Å²) in [6, 6.07) is 0.854. The van der Waals surface area contributed by atoms with Crippen LogP contribution in [-0.4, -0.2) is 52.7 Å². The molecule has 2 saturated heterocycles. The summed E-state index contributed by atoms with van der Waals surface area (Å²) in [6.07, 6.45) is 6.06. The average molecular weight is 266 g/mol. The van der Waals surface area contributed by atoms with Gasteiger partial charge in [0, 0.05) is 25.7 Å². The molecular weight excluding hydrogens is 240 g/mol. The summed E-state index contributed by atoms with van der Waals surface area (Å²) in [6.45, 7) is 9.00. The minimum atomic E-state index is -0.386. The third kappa shape index (κ3) is 2.60. The number of carbonyl (C=O) groups is 1. The molecule has 4 heteroatoms. The second-order valence-corrected chi connectivity index (χ2v) is 7.37. The first-order valence-corrected chi connectivity index (χ1v) is 7.64. The molecule has 3 aliphatic rings. The van der Waals surface area contributed by atoms with Crippen molar-refractivity contribution >= 4 is 6.09 Å².